The normalized spacial score (nSPS) is 9.90. The van der Waals surface area contributed by atoms with Crippen LogP contribution in [-0.4, -0.2) is 14.2 Å². The van der Waals surface area contributed by atoms with Gasteiger partial charge >= 0.3 is 0 Å². The fourth-order valence-corrected chi connectivity index (χ4v) is 2.23. The molecule has 0 heterocycles. The first-order chi connectivity index (χ1) is 9.65. The zero-order valence-electron chi connectivity index (χ0n) is 11.4. The molecule has 2 aromatic carbocycles. The minimum atomic E-state index is 0.469. The first-order valence-corrected chi connectivity index (χ1v) is 6.56. The fourth-order valence-electron chi connectivity index (χ4n) is 2.01. The van der Waals surface area contributed by atoms with E-state index in [2.05, 4.69) is 11.0 Å². The van der Waals surface area contributed by atoms with Crippen LogP contribution in [-0.2, 0) is 6.54 Å². The van der Waals surface area contributed by atoms with Gasteiger partial charge in [0.2, 0.25) is 0 Å². The number of hydrogen-bond acceptors (Lipinski definition) is 3. The van der Waals surface area contributed by atoms with Crippen molar-refractivity contribution in [3.63, 3.8) is 0 Å². The molecule has 102 valence electrons. The third-order valence-corrected chi connectivity index (χ3v) is 3.43. The molecule has 0 saturated heterocycles. The van der Waals surface area contributed by atoms with Crippen LogP contribution in [0, 0.1) is 11.3 Å². The van der Waals surface area contributed by atoms with Gasteiger partial charge in [0.05, 0.1) is 17.7 Å². The zero-order valence-corrected chi connectivity index (χ0v) is 12.2. The van der Waals surface area contributed by atoms with Gasteiger partial charge in [0.25, 0.3) is 0 Å². The van der Waals surface area contributed by atoms with Crippen molar-refractivity contribution in [2.75, 3.05) is 19.1 Å². The highest BCUT2D eigenvalue weighted by atomic mass is 35.5. The quantitative estimate of drug-likeness (QED) is 0.856. The molecule has 0 amide bonds. The van der Waals surface area contributed by atoms with Crippen molar-refractivity contribution in [3.8, 4) is 11.8 Å². The second-order valence-electron chi connectivity index (χ2n) is 4.44. The molecule has 0 saturated carbocycles. The summed E-state index contributed by atoms with van der Waals surface area (Å²) in [6, 6.07) is 15.4. The highest BCUT2D eigenvalue weighted by Gasteiger charge is 2.08. The number of anilines is 1. The van der Waals surface area contributed by atoms with E-state index in [9.17, 15) is 0 Å². The summed E-state index contributed by atoms with van der Waals surface area (Å²) in [5.74, 6) is 0.860. The van der Waals surface area contributed by atoms with Crippen molar-refractivity contribution in [1.29, 1.82) is 5.26 Å². The van der Waals surface area contributed by atoms with E-state index in [1.807, 2.05) is 37.4 Å². The van der Waals surface area contributed by atoms with Crippen LogP contribution in [0.3, 0.4) is 0 Å². The van der Waals surface area contributed by atoms with Crippen molar-refractivity contribution >= 4 is 17.3 Å². The van der Waals surface area contributed by atoms with E-state index in [4.69, 9.17) is 21.6 Å². The number of benzene rings is 2. The van der Waals surface area contributed by atoms with Gasteiger partial charge in [0.15, 0.2) is 0 Å². The predicted octanol–water partition coefficient (Wildman–Crippen LogP) is 3.86. The third-order valence-electron chi connectivity index (χ3n) is 3.11. The second-order valence-corrected chi connectivity index (χ2v) is 4.85. The molecule has 3 nitrogen and oxygen atoms in total. The number of para-hydroxylation sites is 1. The highest BCUT2D eigenvalue weighted by Crippen LogP contribution is 2.25. The molecule has 0 bridgehead atoms. The maximum atomic E-state index is 8.89. The first kappa shape index (κ1) is 14.2. The minimum absolute atomic E-state index is 0.469. The van der Waals surface area contributed by atoms with Gasteiger partial charge in [-0.1, -0.05) is 29.8 Å². The van der Waals surface area contributed by atoms with Gasteiger partial charge in [-0.15, -0.1) is 0 Å². The van der Waals surface area contributed by atoms with E-state index in [1.165, 1.54) is 0 Å². The summed E-state index contributed by atoms with van der Waals surface area (Å²) in [7, 11) is 3.64. The molecule has 4 heteroatoms. The minimum Gasteiger partial charge on any atom is -0.496 e. The van der Waals surface area contributed by atoms with Gasteiger partial charge in [-0.25, -0.2) is 0 Å². The van der Waals surface area contributed by atoms with Crippen molar-refractivity contribution in [2.24, 2.45) is 0 Å². The highest BCUT2D eigenvalue weighted by molar-refractivity contribution is 6.32. The van der Waals surface area contributed by atoms with Gasteiger partial charge in [0.1, 0.15) is 11.8 Å². The van der Waals surface area contributed by atoms with Crippen molar-refractivity contribution in [1.82, 2.24) is 0 Å². The molecule has 20 heavy (non-hydrogen) atoms. The lowest BCUT2D eigenvalue weighted by molar-refractivity contribution is 0.409. The average molecular weight is 287 g/mol. The van der Waals surface area contributed by atoms with Gasteiger partial charge in [-0.05, 0) is 24.3 Å². The van der Waals surface area contributed by atoms with E-state index in [1.54, 1.807) is 19.2 Å². The molecule has 0 radical (unpaired) electrons. The molecule has 0 aliphatic carbocycles. The Balaban J connectivity index is 2.22. The number of halogens is 1. The topological polar surface area (TPSA) is 36.3 Å². The summed E-state index contributed by atoms with van der Waals surface area (Å²) in [5.41, 5.74) is 2.54. The first-order valence-electron chi connectivity index (χ1n) is 6.18. The number of ether oxygens (including phenoxy) is 1. The Morgan fingerprint density at radius 2 is 2.00 bits per heavy atom. The molecule has 0 N–H and O–H groups in total. The van der Waals surface area contributed by atoms with Gasteiger partial charge < -0.3 is 9.64 Å². The Kier molecular flexibility index (Phi) is 4.49. The Labute approximate surface area is 124 Å². The number of nitrogens with zero attached hydrogens (tertiary/aromatic N) is 2. The predicted molar refractivity (Wildman–Crippen MR) is 81.3 cm³/mol. The molecule has 2 rings (SSSR count). The van der Waals surface area contributed by atoms with E-state index >= 15 is 0 Å². The van der Waals surface area contributed by atoms with Gasteiger partial charge in [0, 0.05) is 24.8 Å². The van der Waals surface area contributed by atoms with Crippen molar-refractivity contribution < 1.29 is 4.74 Å². The Hall–Kier alpha value is -2.18. The van der Waals surface area contributed by atoms with E-state index in [0.29, 0.717) is 17.1 Å². The van der Waals surface area contributed by atoms with Gasteiger partial charge in [-0.2, -0.15) is 5.26 Å². The number of methoxy groups -OCH3 is 1. The summed E-state index contributed by atoms with van der Waals surface area (Å²) in [6.07, 6.45) is 0. The lowest BCUT2D eigenvalue weighted by Crippen LogP contribution is -2.16. The van der Waals surface area contributed by atoms with Crippen LogP contribution in [0.25, 0.3) is 0 Å². The Morgan fingerprint density at radius 1 is 1.25 bits per heavy atom. The maximum absolute atomic E-state index is 8.89. The van der Waals surface area contributed by atoms with Crippen LogP contribution in [0.1, 0.15) is 11.1 Å². The molecule has 0 fully saturated rings. The van der Waals surface area contributed by atoms with Crippen molar-refractivity contribution in [2.45, 2.75) is 6.54 Å². The molecule has 0 aliphatic heterocycles. The number of hydrogen-bond donors (Lipinski definition) is 0. The smallest absolute Gasteiger partial charge is 0.123 e. The van der Waals surface area contributed by atoms with E-state index in [0.717, 1.165) is 17.0 Å². The number of rotatable bonds is 4. The third kappa shape index (κ3) is 3.04. The second kappa shape index (κ2) is 6.31. The SMILES string of the molecule is COc1ccccc1CN(C)c1ccc(C#N)c(Cl)c1. The van der Waals surface area contributed by atoms with Crippen LogP contribution in [0.15, 0.2) is 42.5 Å². The van der Waals surface area contributed by atoms with Crippen LogP contribution >= 0.6 is 11.6 Å². The zero-order chi connectivity index (χ0) is 14.5. The van der Waals surface area contributed by atoms with Crippen LogP contribution < -0.4 is 9.64 Å². The fraction of sp³-hybridized carbons (Fsp3) is 0.188. The summed E-state index contributed by atoms with van der Waals surface area (Å²) >= 11 is 6.06. The number of nitriles is 1. The molecular weight excluding hydrogens is 272 g/mol. The summed E-state index contributed by atoms with van der Waals surface area (Å²) in [6.45, 7) is 0.701. The van der Waals surface area contributed by atoms with Crippen molar-refractivity contribution in [3.05, 3.63) is 58.6 Å². The van der Waals surface area contributed by atoms with Crippen LogP contribution in [0.2, 0.25) is 5.02 Å². The monoisotopic (exact) mass is 286 g/mol. The molecule has 2 aromatic rings. The lowest BCUT2D eigenvalue weighted by atomic mass is 10.1. The molecule has 0 aliphatic rings. The molecule has 0 atom stereocenters. The standard InChI is InChI=1S/C16H15ClN2O/c1-19(11-13-5-3-4-6-16(13)20-2)14-8-7-12(10-18)15(17)9-14/h3-9H,11H2,1-2H3. The Morgan fingerprint density at radius 3 is 2.65 bits per heavy atom. The molecular formula is C16H15ClN2O. The lowest BCUT2D eigenvalue weighted by Gasteiger charge is -2.21. The summed E-state index contributed by atoms with van der Waals surface area (Å²) in [4.78, 5) is 2.06. The van der Waals surface area contributed by atoms with E-state index in [-0.39, 0.29) is 0 Å². The average Bonchev–Trinajstić information content (AvgIpc) is 2.47. The molecule has 0 spiro atoms. The maximum Gasteiger partial charge on any atom is 0.123 e. The van der Waals surface area contributed by atoms with E-state index < -0.39 is 0 Å². The largest absolute Gasteiger partial charge is 0.496 e. The summed E-state index contributed by atoms with van der Waals surface area (Å²) < 4.78 is 5.35. The van der Waals surface area contributed by atoms with Crippen LogP contribution in [0.5, 0.6) is 5.75 Å². The Bertz CT molecular complexity index is 649. The molecule has 0 unspecified atom stereocenters. The van der Waals surface area contributed by atoms with Crippen LogP contribution in [0.4, 0.5) is 5.69 Å². The molecule has 0 aromatic heterocycles. The summed E-state index contributed by atoms with van der Waals surface area (Å²) in [5, 5.41) is 9.36. The van der Waals surface area contributed by atoms with Gasteiger partial charge in [-0.3, -0.25) is 0 Å².